The van der Waals surface area contributed by atoms with E-state index in [-0.39, 0.29) is 30.5 Å². The zero-order chi connectivity index (χ0) is 27.0. The Morgan fingerprint density at radius 3 is 2.77 bits per heavy atom. The first kappa shape index (κ1) is 25.4. The normalized spacial score (nSPS) is 23.1. The highest BCUT2D eigenvalue weighted by atomic mass is 16.5. The summed E-state index contributed by atoms with van der Waals surface area (Å²) in [5.74, 6) is 1.46. The van der Waals surface area contributed by atoms with Gasteiger partial charge in [0.1, 0.15) is 18.0 Å². The summed E-state index contributed by atoms with van der Waals surface area (Å²) in [7, 11) is 0. The number of para-hydroxylation sites is 1. The Balaban J connectivity index is 1.46. The van der Waals surface area contributed by atoms with Crippen molar-refractivity contribution in [3.05, 3.63) is 89.5 Å². The van der Waals surface area contributed by atoms with Crippen LogP contribution in [-0.4, -0.2) is 49.1 Å². The molecule has 2 amide bonds. The van der Waals surface area contributed by atoms with Crippen LogP contribution >= 0.6 is 0 Å². The number of anilines is 1. The second-order valence-electron chi connectivity index (χ2n) is 10.9. The van der Waals surface area contributed by atoms with Crippen LogP contribution in [0, 0.1) is 0 Å². The van der Waals surface area contributed by atoms with Crippen molar-refractivity contribution in [3.63, 3.8) is 0 Å². The average Bonchev–Trinajstić information content (AvgIpc) is 3.40. The predicted octanol–water partition coefficient (Wildman–Crippen LogP) is 4.60. The van der Waals surface area contributed by atoms with Gasteiger partial charge in [0, 0.05) is 25.3 Å². The van der Waals surface area contributed by atoms with Crippen LogP contribution in [-0.2, 0) is 21.5 Å². The molecule has 2 atom stereocenters. The van der Waals surface area contributed by atoms with Gasteiger partial charge < -0.3 is 19.7 Å². The smallest absolute Gasteiger partial charge is 0.240 e. The third-order valence-corrected chi connectivity index (χ3v) is 7.97. The molecular formula is C32H35N3O4. The molecule has 3 aliphatic rings. The van der Waals surface area contributed by atoms with Gasteiger partial charge in [0.2, 0.25) is 11.8 Å². The van der Waals surface area contributed by atoms with E-state index in [2.05, 4.69) is 40.5 Å². The standard InChI is InChI=1S/C32H35N3O4/c1-22(2)39-26-11-5-8-23(18-26)20-34-16-14-32-27-12-3-4-13-28(27)35(31(32)37)21-29(36)33-15-7-17-38-25-10-6-9-24(19-25)30(32)34/h3-6,8-13,18-19,22,30H,7,14-17,20-21H2,1-2H3,(H,33,36)/t30-,32+/m0/s1. The highest BCUT2D eigenvalue weighted by Crippen LogP contribution is 2.57. The number of nitrogens with zero attached hydrogens (tertiary/aromatic N) is 2. The van der Waals surface area contributed by atoms with Crippen LogP contribution in [0.3, 0.4) is 0 Å². The molecule has 7 heteroatoms. The Kier molecular flexibility index (Phi) is 6.77. The summed E-state index contributed by atoms with van der Waals surface area (Å²) in [4.78, 5) is 31.5. The van der Waals surface area contributed by atoms with E-state index in [1.54, 1.807) is 4.90 Å². The van der Waals surface area contributed by atoms with Crippen LogP contribution in [0.25, 0.3) is 0 Å². The van der Waals surface area contributed by atoms with Crippen molar-refractivity contribution in [2.45, 2.75) is 50.8 Å². The van der Waals surface area contributed by atoms with Crippen LogP contribution < -0.4 is 19.7 Å². The van der Waals surface area contributed by atoms with Gasteiger partial charge in [-0.2, -0.15) is 0 Å². The molecule has 202 valence electrons. The summed E-state index contributed by atoms with van der Waals surface area (Å²) in [6.45, 7) is 6.48. The average molecular weight is 526 g/mol. The number of hydrogen-bond acceptors (Lipinski definition) is 5. The van der Waals surface area contributed by atoms with Gasteiger partial charge in [0.15, 0.2) is 0 Å². The van der Waals surface area contributed by atoms with E-state index in [0.29, 0.717) is 32.5 Å². The minimum absolute atomic E-state index is 0.00776. The Bertz CT molecular complexity index is 1390. The summed E-state index contributed by atoms with van der Waals surface area (Å²) < 4.78 is 12.0. The quantitative estimate of drug-likeness (QED) is 0.539. The van der Waals surface area contributed by atoms with Gasteiger partial charge in [0.05, 0.1) is 24.2 Å². The third-order valence-electron chi connectivity index (χ3n) is 7.97. The van der Waals surface area contributed by atoms with Gasteiger partial charge in [0.25, 0.3) is 0 Å². The van der Waals surface area contributed by atoms with Gasteiger partial charge >= 0.3 is 0 Å². The molecule has 3 aromatic carbocycles. The Morgan fingerprint density at radius 2 is 1.90 bits per heavy atom. The topological polar surface area (TPSA) is 71.1 Å². The van der Waals surface area contributed by atoms with Crippen LogP contribution in [0.1, 0.15) is 49.4 Å². The first-order chi connectivity index (χ1) is 19.0. The lowest BCUT2D eigenvalue weighted by Crippen LogP contribution is -2.47. The number of benzene rings is 3. The fourth-order valence-electron chi connectivity index (χ4n) is 6.47. The Labute approximate surface area is 229 Å². The Morgan fingerprint density at radius 1 is 1.05 bits per heavy atom. The number of nitrogens with one attached hydrogen (secondary N) is 1. The van der Waals surface area contributed by atoms with E-state index in [4.69, 9.17) is 9.47 Å². The molecule has 0 radical (unpaired) electrons. The minimum atomic E-state index is -0.800. The monoisotopic (exact) mass is 525 g/mol. The van der Waals surface area contributed by atoms with E-state index >= 15 is 0 Å². The van der Waals surface area contributed by atoms with Crippen LogP contribution in [0.5, 0.6) is 11.5 Å². The van der Waals surface area contributed by atoms with Gasteiger partial charge in [-0.05, 0) is 73.7 Å². The van der Waals surface area contributed by atoms with Gasteiger partial charge in [-0.3, -0.25) is 14.5 Å². The summed E-state index contributed by atoms with van der Waals surface area (Å²) in [5.41, 5.74) is 3.21. The molecule has 6 rings (SSSR count). The first-order valence-electron chi connectivity index (χ1n) is 13.9. The predicted molar refractivity (Wildman–Crippen MR) is 150 cm³/mol. The molecule has 39 heavy (non-hydrogen) atoms. The van der Waals surface area contributed by atoms with Crippen molar-refractivity contribution in [1.29, 1.82) is 0 Å². The highest BCUT2D eigenvalue weighted by Gasteiger charge is 2.60. The number of fused-ring (bicyclic) bond motifs is 6. The second kappa shape index (κ2) is 10.4. The van der Waals surface area contributed by atoms with Crippen molar-refractivity contribution in [2.24, 2.45) is 0 Å². The van der Waals surface area contributed by atoms with Crippen LogP contribution in [0.2, 0.25) is 0 Å². The highest BCUT2D eigenvalue weighted by molar-refractivity contribution is 6.11. The molecule has 1 saturated heterocycles. The number of carbonyl (C=O) groups is 2. The zero-order valence-electron chi connectivity index (χ0n) is 22.6. The molecule has 0 saturated carbocycles. The van der Waals surface area contributed by atoms with Crippen molar-refractivity contribution in [3.8, 4) is 11.5 Å². The van der Waals surface area contributed by atoms with E-state index in [1.807, 2.05) is 56.3 Å². The molecule has 4 bridgehead atoms. The van der Waals surface area contributed by atoms with Crippen molar-refractivity contribution in [2.75, 3.05) is 31.1 Å². The lowest BCUT2D eigenvalue weighted by Gasteiger charge is -2.35. The molecule has 3 heterocycles. The zero-order valence-corrected chi connectivity index (χ0v) is 22.6. The van der Waals surface area contributed by atoms with Gasteiger partial charge in [-0.25, -0.2) is 0 Å². The molecule has 0 aliphatic carbocycles. The number of ether oxygens (including phenoxy) is 2. The summed E-state index contributed by atoms with van der Waals surface area (Å²) in [6, 6.07) is 24.1. The SMILES string of the molecule is CC(C)Oc1cccc(CN2CC[C@]34C(=O)N(CC(=O)NCCCOc5cccc(c5)[C@H]23)c2ccccc24)c1. The number of amides is 2. The number of carbonyl (C=O) groups excluding carboxylic acids is 2. The third kappa shape index (κ3) is 4.65. The number of likely N-dealkylation sites (tertiary alicyclic amines) is 1. The first-order valence-corrected chi connectivity index (χ1v) is 13.9. The van der Waals surface area contributed by atoms with Crippen molar-refractivity contribution < 1.29 is 19.1 Å². The fourth-order valence-corrected chi connectivity index (χ4v) is 6.47. The fraction of sp³-hybridized carbons (Fsp3) is 0.375. The molecule has 7 nitrogen and oxygen atoms in total. The number of rotatable bonds is 4. The summed E-state index contributed by atoms with van der Waals surface area (Å²) in [5, 5.41) is 2.96. The van der Waals surface area contributed by atoms with E-state index in [1.165, 1.54) is 0 Å². The van der Waals surface area contributed by atoms with Gasteiger partial charge in [-0.15, -0.1) is 0 Å². The van der Waals surface area contributed by atoms with E-state index < -0.39 is 5.41 Å². The van der Waals surface area contributed by atoms with Crippen LogP contribution in [0.4, 0.5) is 5.69 Å². The molecule has 1 N–H and O–H groups in total. The largest absolute Gasteiger partial charge is 0.494 e. The van der Waals surface area contributed by atoms with Gasteiger partial charge in [-0.1, -0.05) is 42.5 Å². The maximum atomic E-state index is 14.5. The molecule has 1 fully saturated rings. The van der Waals surface area contributed by atoms with Crippen LogP contribution in [0.15, 0.2) is 72.8 Å². The minimum Gasteiger partial charge on any atom is -0.494 e. The van der Waals surface area contributed by atoms with Crippen molar-refractivity contribution >= 4 is 17.5 Å². The molecular weight excluding hydrogens is 490 g/mol. The maximum Gasteiger partial charge on any atom is 0.240 e. The van der Waals surface area contributed by atoms with Crippen molar-refractivity contribution in [1.82, 2.24) is 10.2 Å². The van der Waals surface area contributed by atoms with E-state index in [0.717, 1.165) is 40.4 Å². The second-order valence-corrected chi connectivity index (χ2v) is 10.9. The maximum absolute atomic E-state index is 14.5. The molecule has 3 aliphatic heterocycles. The van der Waals surface area contributed by atoms with E-state index in [9.17, 15) is 9.59 Å². The molecule has 3 aromatic rings. The number of hydrogen-bond donors (Lipinski definition) is 1. The molecule has 0 aromatic heterocycles. The molecule has 0 unspecified atom stereocenters. The summed E-state index contributed by atoms with van der Waals surface area (Å²) in [6.07, 6.45) is 1.45. The summed E-state index contributed by atoms with van der Waals surface area (Å²) >= 11 is 0. The Hall–Kier alpha value is -3.84. The lowest BCUT2D eigenvalue weighted by molar-refractivity contribution is -0.127. The molecule has 1 spiro atoms. The lowest BCUT2D eigenvalue weighted by atomic mass is 9.72.